The minimum atomic E-state index is 0.751. The number of methoxy groups -OCH3 is 2. The van der Waals surface area contributed by atoms with Gasteiger partial charge in [-0.25, -0.2) is 0 Å². The predicted octanol–water partition coefficient (Wildman–Crippen LogP) is 4.30. The predicted molar refractivity (Wildman–Crippen MR) is 89.8 cm³/mol. The third-order valence-electron chi connectivity index (χ3n) is 3.05. The highest BCUT2D eigenvalue weighted by atomic mass is 32.2. The number of rotatable bonds is 8. The average Bonchev–Trinajstić information content (AvgIpc) is 2.55. The highest BCUT2D eigenvalue weighted by Gasteiger charge is 2.03. The number of hydrogen-bond acceptors (Lipinski definition) is 4. The van der Waals surface area contributed by atoms with Crippen molar-refractivity contribution in [3.05, 3.63) is 48.5 Å². The molecule has 0 saturated carbocycles. The maximum absolute atomic E-state index is 5.29. The van der Waals surface area contributed by atoms with Crippen molar-refractivity contribution in [3.63, 3.8) is 0 Å². The van der Waals surface area contributed by atoms with Crippen molar-refractivity contribution < 1.29 is 9.47 Å². The summed E-state index contributed by atoms with van der Waals surface area (Å²) in [6.45, 7) is 0.940. The van der Waals surface area contributed by atoms with Gasteiger partial charge in [0.1, 0.15) is 0 Å². The van der Waals surface area contributed by atoms with Crippen LogP contribution in [0, 0.1) is 0 Å². The Kier molecular flexibility index (Phi) is 6.28. The fraction of sp³-hybridized carbons (Fsp3) is 0.294. The van der Waals surface area contributed by atoms with Gasteiger partial charge in [-0.15, -0.1) is 11.8 Å². The van der Waals surface area contributed by atoms with Gasteiger partial charge in [0.15, 0.2) is 11.5 Å². The molecule has 2 aromatic rings. The van der Waals surface area contributed by atoms with Gasteiger partial charge in [-0.2, -0.15) is 0 Å². The van der Waals surface area contributed by atoms with Crippen molar-refractivity contribution >= 4 is 17.4 Å². The second kappa shape index (κ2) is 8.47. The van der Waals surface area contributed by atoms with Crippen LogP contribution in [0.15, 0.2) is 53.4 Å². The maximum Gasteiger partial charge on any atom is 0.162 e. The molecule has 0 bridgehead atoms. The Hall–Kier alpha value is -1.81. The summed E-state index contributed by atoms with van der Waals surface area (Å²) in [5.41, 5.74) is 1.05. The Bertz CT molecular complexity index is 546. The van der Waals surface area contributed by atoms with Crippen LogP contribution in [0.3, 0.4) is 0 Å². The zero-order valence-corrected chi connectivity index (χ0v) is 13.3. The van der Waals surface area contributed by atoms with Gasteiger partial charge in [0.25, 0.3) is 0 Å². The van der Waals surface area contributed by atoms with Gasteiger partial charge in [-0.1, -0.05) is 18.2 Å². The van der Waals surface area contributed by atoms with Gasteiger partial charge in [-0.05, 0) is 36.4 Å². The summed E-state index contributed by atoms with van der Waals surface area (Å²) in [5, 5.41) is 3.41. The highest BCUT2D eigenvalue weighted by molar-refractivity contribution is 7.99. The lowest BCUT2D eigenvalue weighted by Gasteiger charge is -2.11. The number of hydrogen-bond donors (Lipinski definition) is 1. The molecule has 0 aliphatic rings. The molecule has 0 aliphatic carbocycles. The second-order valence-electron chi connectivity index (χ2n) is 4.51. The molecule has 0 atom stereocenters. The molecule has 0 spiro atoms. The van der Waals surface area contributed by atoms with E-state index >= 15 is 0 Å². The fourth-order valence-electron chi connectivity index (χ4n) is 1.96. The topological polar surface area (TPSA) is 30.5 Å². The summed E-state index contributed by atoms with van der Waals surface area (Å²) in [7, 11) is 3.30. The van der Waals surface area contributed by atoms with E-state index in [4.69, 9.17) is 9.47 Å². The van der Waals surface area contributed by atoms with Gasteiger partial charge in [0.05, 0.1) is 14.2 Å². The normalized spacial score (nSPS) is 10.2. The summed E-state index contributed by atoms with van der Waals surface area (Å²) in [4.78, 5) is 1.32. The second-order valence-corrected chi connectivity index (χ2v) is 5.68. The summed E-state index contributed by atoms with van der Waals surface area (Å²) < 4.78 is 10.5. The van der Waals surface area contributed by atoms with Crippen LogP contribution in [-0.4, -0.2) is 26.5 Å². The monoisotopic (exact) mass is 303 g/mol. The van der Waals surface area contributed by atoms with Crippen molar-refractivity contribution in [3.8, 4) is 11.5 Å². The van der Waals surface area contributed by atoms with Crippen molar-refractivity contribution in [2.45, 2.75) is 11.3 Å². The Morgan fingerprint density at radius 1 is 0.952 bits per heavy atom. The smallest absolute Gasteiger partial charge is 0.162 e. The van der Waals surface area contributed by atoms with E-state index in [2.05, 4.69) is 29.6 Å². The Balaban J connectivity index is 1.73. The Labute approximate surface area is 130 Å². The summed E-state index contributed by atoms with van der Waals surface area (Å²) in [5.74, 6) is 2.61. The van der Waals surface area contributed by atoms with Crippen LogP contribution in [0.25, 0.3) is 0 Å². The summed E-state index contributed by atoms with van der Waals surface area (Å²) in [6.07, 6.45) is 1.11. The molecule has 0 saturated heterocycles. The molecule has 0 fully saturated rings. The third kappa shape index (κ3) is 4.90. The average molecular weight is 303 g/mol. The zero-order chi connectivity index (χ0) is 14.9. The molecule has 2 aromatic carbocycles. The van der Waals surface area contributed by atoms with E-state index in [9.17, 15) is 0 Å². The van der Waals surface area contributed by atoms with Gasteiger partial charge >= 0.3 is 0 Å². The van der Waals surface area contributed by atoms with Crippen molar-refractivity contribution in [1.82, 2.24) is 0 Å². The van der Waals surface area contributed by atoms with Crippen LogP contribution < -0.4 is 14.8 Å². The number of thioether (sulfide) groups is 1. The molecular weight excluding hydrogens is 282 g/mol. The van der Waals surface area contributed by atoms with Crippen molar-refractivity contribution in [1.29, 1.82) is 0 Å². The first kappa shape index (κ1) is 15.6. The minimum absolute atomic E-state index is 0.751. The van der Waals surface area contributed by atoms with E-state index in [1.165, 1.54) is 4.90 Å². The molecule has 0 aliphatic heterocycles. The first-order valence-corrected chi connectivity index (χ1v) is 7.96. The zero-order valence-electron chi connectivity index (χ0n) is 12.5. The van der Waals surface area contributed by atoms with E-state index in [0.717, 1.165) is 35.9 Å². The summed E-state index contributed by atoms with van der Waals surface area (Å²) >= 11 is 1.88. The van der Waals surface area contributed by atoms with Gasteiger partial charge < -0.3 is 14.8 Å². The molecule has 0 radical (unpaired) electrons. The minimum Gasteiger partial charge on any atom is -0.493 e. The van der Waals surface area contributed by atoms with E-state index in [1.54, 1.807) is 14.2 Å². The third-order valence-corrected chi connectivity index (χ3v) is 4.14. The quantitative estimate of drug-likeness (QED) is 0.582. The fourth-order valence-corrected chi connectivity index (χ4v) is 2.83. The first-order chi connectivity index (χ1) is 10.3. The molecule has 0 heterocycles. The SMILES string of the molecule is COc1ccc(NCCCSc2ccccc2)cc1OC. The molecule has 1 N–H and O–H groups in total. The van der Waals surface area contributed by atoms with Gasteiger partial charge in [0.2, 0.25) is 0 Å². The highest BCUT2D eigenvalue weighted by Crippen LogP contribution is 2.29. The first-order valence-electron chi connectivity index (χ1n) is 6.97. The van der Waals surface area contributed by atoms with Gasteiger partial charge in [-0.3, -0.25) is 0 Å². The van der Waals surface area contributed by atoms with E-state index in [-0.39, 0.29) is 0 Å². The standard InChI is InChI=1S/C17H21NO2S/c1-19-16-10-9-14(13-17(16)20-2)18-11-6-12-21-15-7-4-3-5-8-15/h3-5,7-10,13,18H,6,11-12H2,1-2H3. The lowest BCUT2D eigenvalue weighted by atomic mass is 10.2. The lowest BCUT2D eigenvalue weighted by molar-refractivity contribution is 0.355. The number of anilines is 1. The van der Waals surface area contributed by atoms with Crippen LogP contribution in [0.4, 0.5) is 5.69 Å². The molecule has 2 rings (SSSR count). The van der Waals surface area contributed by atoms with Crippen LogP contribution >= 0.6 is 11.8 Å². The summed E-state index contributed by atoms with van der Waals surface area (Å²) in [6, 6.07) is 16.4. The van der Waals surface area contributed by atoms with Crippen LogP contribution in [0.5, 0.6) is 11.5 Å². The van der Waals surface area contributed by atoms with Crippen molar-refractivity contribution in [2.75, 3.05) is 31.8 Å². The number of ether oxygens (including phenoxy) is 2. The molecule has 0 unspecified atom stereocenters. The molecule has 21 heavy (non-hydrogen) atoms. The Morgan fingerprint density at radius 2 is 1.71 bits per heavy atom. The molecule has 0 aromatic heterocycles. The van der Waals surface area contributed by atoms with E-state index in [1.807, 2.05) is 36.0 Å². The van der Waals surface area contributed by atoms with E-state index < -0.39 is 0 Å². The van der Waals surface area contributed by atoms with Crippen LogP contribution in [0.2, 0.25) is 0 Å². The van der Waals surface area contributed by atoms with E-state index in [0.29, 0.717) is 0 Å². The molecular formula is C17H21NO2S. The molecule has 3 nitrogen and oxygen atoms in total. The van der Waals surface area contributed by atoms with Crippen molar-refractivity contribution in [2.24, 2.45) is 0 Å². The van der Waals surface area contributed by atoms with Crippen LogP contribution in [-0.2, 0) is 0 Å². The van der Waals surface area contributed by atoms with Crippen LogP contribution in [0.1, 0.15) is 6.42 Å². The molecule has 4 heteroatoms. The molecule has 112 valence electrons. The maximum atomic E-state index is 5.29. The Morgan fingerprint density at radius 3 is 2.43 bits per heavy atom. The number of benzene rings is 2. The number of nitrogens with one attached hydrogen (secondary N) is 1. The largest absolute Gasteiger partial charge is 0.493 e. The molecule has 0 amide bonds. The lowest BCUT2D eigenvalue weighted by Crippen LogP contribution is -2.03. The van der Waals surface area contributed by atoms with Gasteiger partial charge in [0, 0.05) is 23.2 Å².